The number of carbonyl (C=O) groups is 2. The Labute approximate surface area is 185 Å². The molecule has 1 unspecified atom stereocenters. The average molecular weight is 485 g/mol. The summed E-state index contributed by atoms with van der Waals surface area (Å²) in [6, 6.07) is 3.64. The maximum atomic E-state index is 13.2. The van der Waals surface area contributed by atoms with Gasteiger partial charge in [0.05, 0.1) is 23.7 Å². The second kappa shape index (κ2) is 8.16. The lowest BCUT2D eigenvalue weighted by Crippen LogP contribution is -2.42. The normalized spacial score (nSPS) is 33.8. The minimum Gasteiger partial charge on any atom is -0.461 e. The Balaban J connectivity index is 0.00000205. The summed E-state index contributed by atoms with van der Waals surface area (Å²) < 4.78 is 6.62. The summed E-state index contributed by atoms with van der Waals surface area (Å²) in [6.07, 6.45) is 7.93. The summed E-state index contributed by atoms with van der Waals surface area (Å²) >= 11 is 3.31. The molecule has 0 radical (unpaired) electrons. The molecule has 1 saturated heterocycles. The predicted molar refractivity (Wildman–Crippen MR) is 115 cm³/mol. The van der Waals surface area contributed by atoms with Crippen LogP contribution >= 0.6 is 28.3 Å². The quantitative estimate of drug-likeness (QED) is 0.505. The molecule has 1 aliphatic heterocycles. The van der Waals surface area contributed by atoms with E-state index in [0.29, 0.717) is 17.5 Å². The highest BCUT2D eigenvalue weighted by Gasteiger charge is 2.72. The number of carbonyl (C=O) groups excluding carboxylic acids is 2. The number of esters is 1. The van der Waals surface area contributed by atoms with E-state index in [1.807, 2.05) is 6.07 Å². The van der Waals surface area contributed by atoms with Gasteiger partial charge in [-0.15, -0.1) is 12.4 Å². The van der Waals surface area contributed by atoms with Gasteiger partial charge in [0.1, 0.15) is 10.7 Å². The molecule has 0 aromatic carbocycles. The van der Waals surface area contributed by atoms with E-state index in [9.17, 15) is 9.59 Å². The number of aromatic nitrogens is 1. The Hall–Kier alpha value is -1.18. The van der Waals surface area contributed by atoms with Gasteiger partial charge in [-0.05, 0) is 90.4 Å². The molecular formula is C21H27BrClN3O3. The minimum absolute atomic E-state index is 0. The van der Waals surface area contributed by atoms with Crippen molar-refractivity contribution < 1.29 is 14.3 Å². The van der Waals surface area contributed by atoms with Crippen LogP contribution in [0, 0.1) is 29.1 Å². The number of rotatable bonds is 4. The van der Waals surface area contributed by atoms with Gasteiger partial charge in [0.2, 0.25) is 5.91 Å². The first-order valence-corrected chi connectivity index (χ1v) is 11.2. The van der Waals surface area contributed by atoms with Crippen LogP contribution in [0.4, 0.5) is 5.69 Å². The highest BCUT2D eigenvalue weighted by Crippen LogP contribution is 2.74. The van der Waals surface area contributed by atoms with Gasteiger partial charge in [-0.2, -0.15) is 0 Å². The van der Waals surface area contributed by atoms with Gasteiger partial charge >= 0.3 is 5.97 Å². The van der Waals surface area contributed by atoms with Crippen LogP contribution in [0.15, 0.2) is 22.9 Å². The molecule has 1 aromatic heterocycles. The number of hydrogen-bond acceptors (Lipinski definition) is 5. The Morgan fingerprint density at radius 3 is 2.55 bits per heavy atom. The maximum Gasteiger partial charge on any atom is 0.310 e. The van der Waals surface area contributed by atoms with Crippen molar-refractivity contribution in [1.82, 2.24) is 10.3 Å². The van der Waals surface area contributed by atoms with Crippen molar-refractivity contribution in [3.63, 3.8) is 0 Å². The molecule has 1 aromatic rings. The van der Waals surface area contributed by atoms with Crippen LogP contribution in [-0.2, 0) is 14.3 Å². The third-order valence-electron chi connectivity index (χ3n) is 7.45. The Morgan fingerprint density at radius 2 is 1.93 bits per heavy atom. The lowest BCUT2D eigenvalue weighted by atomic mass is 9.78. The number of halogens is 2. The van der Waals surface area contributed by atoms with E-state index in [-0.39, 0.29) is 47.6 Å². The zero-order chi connectivity index (χ0) is 19.3. The van der Waals surface area contributed by atoms with Crippen molar-refractivity contribution in [2.45, 2.75) is 44.6 Å². The standard InChI is InChI=1S/C21H26BrN3O3.ClH/c22-16-6-3-12(10-24-16)25-19(26)17-14-4-5-15(21(14)7-8-21)18(17)20(27)28-13-2-1-9-23-11-13;/h3,6,10,13-15,17-18,23H,1-2,4-5,7-9,11H2,(H,25,26);1H/t13?,14-,15+,17+,18+;/m0./s1. The zero-order valence-electron chi connectivity index (χ0n) is 16.2. The van der Waals surface area contributed by atoms with Crippen LogP contribution in [0.25, 0.3) is 0 Å². The number of ether oxygens (including phenoxy) is 1. The van der Waals surface area contributed by atoms with Crippen LogP contribution in [0.5, 0.6) is 0 Å². The molecule has 4 fully saturated rings. The van der Waals surface area contributed by atoms with E-state index in [4.69, 9.17) is 4.74 Å². The largest absolute Gasteiger partial charge is 0.461 e. The van der Waals surface area contributed by atoms with Crippen LogP contribution in [0.2, 0.25) is 0 Å². The van der Waals surface area contributed by atoms with Crippen molar-refractivity contribution in [2.24, 2.45) is 29.1 Å². The first kappa shape index (κ1) is 21.1. The van der Waals surface area contributed by atoms with E-state index in [1.165, 1.54) is 0 Å². The van der Waals surface area contributed by atoms with Crippen molar-refractivity contribution in [3.05, 3.63) is 22.9 Å². The second-order valence-corrected chi connectivity index (χ2v) is 9.65. The summed E-state index contributed by atoms with van der Waals surface area (Å²) in [5.41, 5.74) is 0.887. The first-order valence-electron chi connectivity index (χ1n) is 10.4. The summed E-state index contributed by atoms with van der Waals surface area (Å²) in [5, 5.41) is 6.30. The number of anilines is 1. The lowest BCUT2D eigenvalue weighted by Gasteiger charge is -2.31. The molecule has 4 aliphatic rings. The average Bonchev–Trinajstić information content (AvgIpc) is 3.37. The van der Waals surface area contributed by atoms with Crippen molar-refractivity contribution in [2.75, 3.05) is 18.4 Å². The predicted octanol–water partition coefficient (Wildman–Crippen LogP) is 3.55. The molecule has 2 bridgehead atoms. The van der Waals surface area contributed by atoms with Gasteiger partial charge in [-0.3, -0.25) is 9.59 Å². The highest BCUT2D eigenvalue weighted by atomic mass is 79.9. The smallest absolute Gasteiger partial charge is 0.310 e. The number of piperidine rings is 1. The monoisotopic (exact) mass is 483 g/mol. The fourth-order valence-electron chi connectivity index (χ4n) is 6.17. The van der Waals surface area contributed by atoms with E-state index in [0.717, 1.165) is 56.2 Å². The van der Waals surface area contributed by atoms with Crippen LogP contribution in [0.1, 0.15) is 38.5 Å². The lowest BCUT2D eigenvalue weighted by molar-refractivity contribution is -0.160. The van der Waals surface area contributed by atoms with Gasteiger partial charge in [-0.25, -0.2) is 4.98 Å². The summed E-state index contributed by atoms with van der Waals surface area (Å²) in [6.45, 7) is 1.71. The molecular weight excluding hydrogens is 458 g/mol. The van der Waals surface area contributed by atoms with E-state index in [2.05, 4.69) is 31.5 Å². The van der Waals surface area contributed by atoms with Crippen molar-refractivity contribution in [1.29, 1.82) is 0 Å². The Morgan fingerprint density at radius 1 is 1.17 bits per heavy atom. The third kappa shape index (κ3) is 3.70. The van der Waals surface area contributed by atoms with Gasteiger partial charge in [-0.1, -0.05) is 0 Å². The SMILES string of the molecule is Cl.O=C(OC1CCCNC1)[C@H]1[C@H](C(=O)Nc2ccc(Br)nc2)[C@@H]2CC[C@H]1C21CC1. The zero-order valence-corrected chi connectivity index (χ0v) is 18.6. The number of hydrogen-bond donors (Lipinski definition) is 2. The Kier molecular flexibility index (Phi) is 5.93. The molecule has 29 heavy (non-hydrogen) atoms. The van der Waals surface area contributed by atoms with Gasteiger partial charge in [0, 0.05) is 6.54 Å². The molecule has 6 nitrogen and oxygen atoms in total. The van der Waals surface area contributed by atoms with E-state index < -0.39 is 0 Å². The Bertz CT molecular complexity index is 780. The molecule has 2 heterocycles. The maximum absolute atomic E-state index is 13.2. The highest BCUT2D eigenvalue weighted by molar-refractivity contribution is 9.10. The van der Waals surface area contributed by atoms with Crippen LogP contribution < -0.4 is 10.6 Å². The fraction of sp³-hybridized carbons (Fsp3) is 0.667. The molecule has 158 valence electrons. The molecule has 2 N–H and O–H groups in total. The van der Waals surface area contributed by atoms with Gasteiger partial charge < -0.3 is 15.4 Å². The van der Waals surface area contributed by atoms with E-state index >= 15 is 0 Å². The molecule has 3 saturated carbocycles. The topological polar surface area (TPSA) is 80.3 Å². The molecule has 1 amide bonds. The van der Waals surface area contributed by atoms with Crippen molar-refractivity contribution in [3.8, 4) is 0 Å². The molecule has 1 spiro atoms. The molecule has 8 heteroatoms. The summed E-state index contributed by atoms with van der Waals surface area (Å²) in [7, 11) is 0. The van der Waals surface area contributed by atoms with E-state index in [1.54, 1.807) is 12.3 Å². The number of nitrogens with zero attached hydrogens (tertiary/aromatic N) is 1. The van der Waals surface area contributed by atoms with Gasteiger partial charge in [0.15, 0.2) is 0 Å². The van der Waals surface area contributed by atoms with Gasteiger partial charge in [0.25, 0.3) is 0 Å². The van der Waals surface area contributed by atoms with Crippen LogP contribution in [-0.4, -0.2) is 36.1 Å². The fourth-order valence-corrected chi connectivity index (χ4v) is 6.40. The van der Waals surface area contributed by atoms with Crippen molar-refractivity contribution >= 4 is 45.9 Å². The molecule has 3 aliphatic carbocycles. The molecule has 5 atom stereocenters. The summed E-state index contributed by atoms with van der Waals surface area (Å²) in [4.78, 5) is 30.6. The van der Waals surface area contributed by atoms with Crippen LogP contribution in [0.3, 0.4) is 0 Å². The minimum atomic E-state index is -0.299. The first-order chi connectivity index (χ1) is 13.6. The number of nitrogens with one attached hydrogen (secondary N) is 2. The summed E-state index contributed by atoms with van der Waals surface area (Å²) in [5.74, 6) is -0.170. The molecule has 5 rings (SSSR count). The second-order valence-electron chi connectivity index (χ2n) is 8.84. The number of pyridine rings is 1. The number of amides is 1. The third-order valence-corrected chi connectivity index (χ3v) is 7.92.